The van der Waals surface area contributed by atoms with Crippen molar-refractivity contribution < 1.29 is 19.2 Å². The van der Waals surface area contributed by atoms with Crippen molar-refractivity contribution >= 4 is 7.82 Å². The summed E-state index contributed by atoms with van der Waals surface area (Å²) in [6, 6.07) is 0. The summed E-state index contributed by atoms with van der Waals surface area (Å²) in [6.45, 7) is 7.05. The highest BCUT2D eigenvalue weighted by atomic mass is 31.2. The van der Waals surface area contributed by atoms with Gasteiger partial charge in [-0.1, -0.05) is 90.9 Å². The molecule has 0 aromatic heterocycles. The summed E-state index contributed by atoms with van der Waals surface area (Å²) in [4.78, 5) is 21.6. The molecule has 148 valence electrons. The van der Waals surface area contributed by atoms with Gasteiger partial charge in [0.05, 0.1) is 0 Å². The number of hydrogen-bond donors (Lipinski definition) is 4. The molecule has 24 heavy (non-hydrogen) atoms. The lowest BCUT2D eigenvalue weighted by atomic mass is 10.1. The molecule has 0 aromatic carbocycles. The first-order chi connectivity index (χ1) is 11.4. The van der Waals surface area contributed by atoms with Crippen molar-refractivity contribution in [1.82, 2.24) is 5.32 Å². The summed E-state index contributed by atoms with van der Waals surface area (Å²) in [5, 5.41) is 3.59. The monoisotopic (exact) mass is 367 g/mol. The maximum Gasteiger partial charge on any atom is 0.466 e. The molecule has 0 radical (unpaired) electrons. The second kappa shape index (κ2) is 21.1. The van der Waals surface area contributed by atoms with Crippen LogP contribution in [0.2, 0.25) is 0 Å². The fraction of sp³-hybridized carbons (Fsp3) is 1.00. The Balaban J connectivity index is 0. The van der Waals surface area contributed by atoms with Gasteiger partial charge in [0.15, 0.2) is 0 Å². The Morgan fingerprint density at radius 3 is 1.12 bits per heavy atom. The summed E-state index contributed by atoms with van der Waals surface area (Å²) in [5.41, 5.74) is 0. The molecule has 0 aliphatic carbocycles. The van der Waals surface area contributed by atoms with E-state index in [1.165, 1.54) is 103 Å². The third-order valence-electron chi connectivity index (χ3n) is 3.91. The summed E-state index contributed by atoms with van der Waals surface area (Å²) < 4.78 is 8.88. The fourth-order valence-electron chi connectivity index (χ4n) is 2.54. The molecular weight excluding hydrogens is 325 g/mol. The summed E-state index contributed by atoms with van der Waals surface area (Å²) >= 11 is 0. The molecular formula is C18H42NO4P. The molecule has 0 heterocycles. The van der Waals surface area contributed by atoms with Crippen LogP contribution in [0.15, 0.2) is 0 Å². The van der Waals surface area contributed by atoms with E-state index in [1.807, 2.05) is 0 Å². The molecule has 4 N–H and O–H groups in total. The van der Waals surface area contributed by atoms with Crippen LogP contribution >= 0.6 is 7.82 Å². The lowest BCUT2D eigenvalue weighted by Gasteiger charge is -2.05. The topological polar surface area (TPSA) is 89.8 Å². The third kappa shape index (κ3) is 37.9. The van der Waals surface area contributed by atoms with Gasteiger partial charge >= 0.3 is 7.82 Å². The van der Waals surface area contributed by atoms with E-state index >= 15 is 0 Å². The fourth-order valence-corrected chi connectivity index (χ4v) is 2.54. The smallest absolute Gasteiger partial charge is 0.317 e. The Bertz CT molecular complexity index is 247. The quantitative estimate of drug-likeness (QED) is 0.224. The Kier molecular flexibility index (Phi) is 23.1. The van der Waals surface area contributed by atoms with E-state index in [0.29, 0.717) is 0 Å². The van der Waals surface area contributed by atoms with E-state index in [2.05, 4.69) is 19.2 Å². The van der Waals surface area contributed by atoms with Crippen molar-refractivity contribution in [2.75, 3.05) is 13.1 Å². The van der Waals surface area contributed by atoms with Gasteiger partial charge in [-0.2, -0.15) is 0 Å². The molecule has 0 aromatic rings. The Morgan fingerprint density at radius 1 is 0.583 bits per heavy atom. The largest absolute Gasteiger partial charge is 0.466 e. The van der Waals surface area contributed by atoms with Crippen LogP contribution < -0.4 is 5.32 Å². The van der Waals surface area contributed by atoms with Gasteiger partial charge in [0, 0.05) is 0 Å². The van der Waals surface area contributed by atoms with Gasteiger partial charge in [-0.15, -0.1) is 0 Å². The second-order valence-corrected chi connectivity index (χ2v) is 7.53. The van der Waals surface area contributed by atoms with Gasteiger partial charge in [0.1, 0.15) is 0 Å². The predicted octanol–water partition coefficient (Wildman–Crippen LogP) is 5.15. The highest BCUT2D eigenvalue weighted by molar-refractivity contribution is 7.45. The number of hydrogen-bond acceptors (Lipinski definition) is 2. The predicted molar refractivity (Wildman–Crippen MR) is 103 cm³/mol. The number of unbranched alkanes of at least 4 members (excludes halogenated alkanes) is 12. The van der Waals surface area contributed by atoms with Crippen LogP contribution in [0.4, 0.5) is 0 Å². The highest BCUT2D eigenvalue weighted by Crippen LogP contribution is 2.25. The van der Waals surface area contributed by atoms with E-state index in [-0.39, 0.29) is 0 Å². The van der Waals surface area contributed by atoms with Crippen molar-refractivity contribution in [3.63, 3.8) is 0 Å². The van der Waals surface area contributed by atoms with E-state index in [1.54, 1.807) is 0 Å². The molecule has 0 aliphatic heterocycles. The molecule has 0 aliphatic rings. The van der Waals surface area contributed by atoms with E-state index in [4.69, 9.17) is 19.2 Å². The number of nitrogens with one attached hydrogen (secondary N) is 1. The van der Waals surface area contributed by atoms with Crippen molar-refractivity contribution in [3.8, 4) is 0 Å². The molecule has 0 fully saturated rings. The highest BCUT2D eigenvalue weighted by Gasteiger charge is 2.00. The minimum absolute atomic E-state index is 1.24. The lowest BCUT2D eigenvalue weighted by Crippen LogP contribution is -2.16. The zero-order valence-corrected chi connectivity index (χ0v) is 16.9. The minimum atomic E-state index is -4.64. The third-order valence-corrected chi connectivity index (χ3v) is 3.91. The second-order valence-electron chi connectivity index (χ2n) is 6.51. The maximum atomic E-state index is 8.88. The van der Waals surface area contributed by atoms with Crippen LogP contribution in [0.5, 0.6) is 0 Å². The Hall–Kier alpha value is 0.0700. The van der Waals surface area contributed by atoms with Crippen LogP contribution in [0.3, 0.4) is 0 Å². The van der Waals surface area contributed by atoms with Crippen molar-refractivity contribution in [2.24, 2.45) is 0 Å². The van der Waals surface area contributed by atoms with Crippen molar-refractivity contribution in [1.29, 1.82) is 0 Å². The molecule has 6 heteroatoms. The normalized spacial score (nSPS) is 11.2. The standard InChI is InChI=1S/C18H39N.H3O4P/c1-3-5-7-9-11-12-14-16-18-19-17-15-13-10-8-6-4-2;1-5(2,3)4/h19H,3-18H2,1-2H3;(H3,1,2,3,4). The lowest BCUT2D eigenvalue weighted by molar-refractivity contribution is 0.275. The van der Waals surface area contributed by atoms with Crippen LogP contribution in [-0.2, 0) is 4.57 Å². The van der Waals surface area contributed by atoms with Crippen molar-refractivity contribution in [2.45, 2.75) is 104 Å². The zero-order valence-electron chi connectivity index (χ0n) is 16.0. The van der Waals surface area contributed by atoms with E-state index in [0.717, 1.165) is 0 Å². The maximum absolute atomic E-state index is 8.88. The molecule has 0 saturated carbocycles. The molecule has 5 nitrogen and oxygen atoms in total. The number of phosphoric acid groups is 1. The molecule has 0 unspecified atom stereocenters. The van der Waals surface area contributed by atoms with Crippen molar-refractivity contribution in [3.05, 3.63) is 0 Å². The summed E-state index contributed by atoms with van der Waals surface area (Å²) in [7, 11) is -4.64. The van der Waals surface area contributed by atoms with Gasteiger partial charge in [0.2, 0.25) is 0 Å². The van der Waals surface area contributed by atoms with Gasteiger partial charge in [-0.05, 0) is 25.9 Å². The summed E-state index contributed by atoms with van der Waals surface area (Å²) in [6.07, 6.45) is 19.9. The minimum Gasteiger partial charge on any atom is -0.317 e. The van der Waals surface area contributed by atoms with Crippen LogP contribution in [0.25, 0.3) is 0 Å². The molecule has 0 atom stereocenters. The Labute approximate surface area is 149 Å². The van der Waals surface area contributed by atoms with Gasteiger partial charge in [-0.3, -0.25) is 0 Å². The van der Waals surface area contributed by atoms with E-state index < -0.39 is 7.82 Å². The summed E-state index contributed by atoms with van der Waals surface area (Å²) in [5.74, 6) is 0. The molecule has 0 rings (SSSR count). The average Bonchev–Trinajstić information content (AvgIpc) is 2.49. The van der Waals surface area contributed by atoms with Gasteiger partial charge in [0.25, 0.3) is 0 Å². The molecule has 0 amide bonds. The molecule has 0 saturated heterocycles. The van der Waals surface area contributed by atoms with Crippen LogP contribution in [0.1, 0.15) is 104 Å². The Morgan fingerprint density at radius 2 is 0.833 bits per heavy atom. The molecule has 0 spiro atoms. The van der Waals surface area contributed by atoms with Crippen LogP contribution in [0, 0.1) is 0 Å². The number of rotatable bonds is 16. The van der Waals surface area contributed by atoms with Crippen LogP contribution in [-0.4, -0.2) is 27.8 Å². The zero-order chi connectivity index (χ0) is 18.5. The average molecular weight is 368 g/mol. The first-order valence-electron chi connectivity index (χ1n) is 9.90. The first-order valence-corrected chi connectivity index (χ1v) is 11.5. The first kappa shape index (κ1) is 26.3. The van der Waals surface area contributed by atoms with E-state index in [9.17, 15) is 0 Å². The van der Waals surface area contributed by atoms with Gasteiger partial charge in [-0.25, -0.2) is 4.57 Å². The SMILES string of the molecule is CCCCCCCCCCNCCCCCCCC.O=P(O)(O)O. The van der Waals surface area contributed by atoms with Gasteiger partial charge < -0.3 is 20.0 Å². The molecule has 0 bridgehead atoms.